The van der Waals surface area contributed by atoms with E-state index in [-0.39, 0.29) is 17.5 Å². The summed E-state index contributed by atoms with van der Waals surface area (Å²) >= 11 is 1.19. The number of rotatable bonds is 8. The molecule has 0 saturated heterocycles. The maximum atomic E-state index is 13.1. The summed E-state index contributed by atoms with van der Waals surface area (Å²) in [7, 11) is -0.850. The van der Waals surface area contributed by atoms with Gasteiger partial charge in [-0.15, -0.1) is 11.3 Å². The molecule has 1 aromatic rings. The van der Waals surface area contributed by atoms with Gasteiger partial charge in [-0.2, -0.15) is 0 Å². The van der Waals surface area contributed by atoms with Gasteiger partial charge in [-0.25, -0.2) is 8.51 Å². The van der Waals surface area contributed by atoms with Gasteiger partial charge in [0.05, 0.1) is 18.8 Å². The fourth-order valence-electron chi connectivity index (χ4n) is 2.11. The third kappa shape index (κ3) is 5.51. The van der Waals surface area contributed by atoms with Crippen LogP contribution in [0, 0.1) is 0 Å². The van der Waals surface area contributed by atoms with Crippen LogP contribution in [0.2, 0.25) is 0 Å². The van der Waals surface area contributed by atoms with Crippen molar-refractivity contribution in [3.63, 3.8) is 0 Å². The fourth-order valence-corrected chi connectivity index (χ4v) is 5.16. The molecule has 6 nitrogen and oxygen atoms in total. The van der Waals surface area contributed by atoms with Crippen LogP contribution in [0.5, 0.6) is 0 Å². The Bertz CT molecular complexity index is 751. The lowest BCUT2D eigenvalue weighted by Crippen LogP contribution is -2.41. The van der Waals surface area contributed by atoms with Crippen molar-refractivity contribution in [1.82, 2.24) is 9.62 Å². The molecule has 26 heavy (non-hydrogen) atoms. The summed E-state index contributed by atoms with van der Waals surface area (Å²) in [5.74, 6) is 3.68. The molecule has 0 amide bonds. The summed E-state index contributed by atoms with van der Waals surface area (Å²) in [6, 6.07) is 3.42. The summed E-state index contributed by atoms with van der Waals surface area (Å²) in [6.45, 7) is 9.96. The number of ketones is 1. The van der Waals surface area contributed by atoms with Gasteiger partial charge in [0, 0.05) is 12.6 Å². The Labute approximate surface area is 161 Å². The summed E-state index contributed by atoms with van der Waals surface area (Å²) in [5, 5.41) is 6.99. The Morgan fingerprint density at radius 1 is 1.50 bits per heavy atom. The zero-order chi connectivity index (χ0) is 19.7. The molecule has 1 aromatic heterocycles. The van der Waals surface area contributed by atoms with Crippen LogP contribution >= 0.6 is 11.3 Å². The minimum atomic E-state index is -2.64. The van der Waals surface area contributed by atoms with Crippen LogP contribution in [0.15, 0.2) is 33.6 Å². The molecule has 8 heteroatoms. The number of nitrogens with zero attached hydrogens (tertiary/aromatic N) is 2. The standard InChI is InChI=1S/C16H23N3O3S2.C2H6/c1-5-17-11-12(2)19(3)24(4,21)15-9-8-14(23-15)16(20)13-7-6-10-22-18-13;1-2/h6-9,12,17H,4-5,10-11H2,1-3H3;1-2H3. The molecule has 1 aliphatic rings. The van der Waals surface area contributed by atoms with Crippen LogP contribution in [0.3, 0.4) is 0 Å². The molecule has 2 unspecified atom stereocenters. The number of carbonyl (C=O) groups is 1. The first kappa shape index (κ1) is 22.6. The van der Waals surface area contributed by atoms with Gasteiger partial charge in [-0.05, 0) is 50.7 Å². The highest BCUT2D eigenvalue weighted by Gasteiger charge is 2.24. The molecule has 146 valence electrons. The predicted octanol–water partition coefficient (Wildman–Crippen LogP) is 2.82. The van der Waals surface area contributed by atoms with Crippen molar-refractivity contribution in [3.8, 4) is 0 Å². The van der Waals surface area contributed by atoms with Gasteiger partial charge >= 0.3 is 0 Å². The first-order valence-corrected chi connectivity index (χ1v) is 11.2. The van der Waals surface area contributed by atoms with Crippen LogP contribution in [-0.2, 0) is 14.5 Å². The van der Waals surface area contributed by atoms with E-state index in [1.165, 1.54) is 11.3 Å². The minimum absolute atomic E-state index is 0.0512. The first-order valence-electron chi connectivity index (χ1n) is 8.70. The number of thiophene rings is 1. The van der Waals surface area contributed by atoms with Crippen molar-refractivity contribution in [2.75, 3.05) is 26.7 Å². The number of nitrogens with one attached hydrogen (secondary N) is 1. The fraction of sp³-hybridized carbons (Fsp3) is 0.500. The number of allylic oxidation sites excluding steroid dienone is 1. The van der Waals surface area contributed by atoms with Gasteiger partial charge in [0.15, 0.2) is 5.71 Å². The minimum Gasteiger partial charge on any atom is -0.391 e. The highest BCUT2D eigenvalue weighted by Crippen LogP contribution is 2.26. The number of hydrogen-bond donors (Lipinski definition) is 1. The van der Waals surface area contributed by atoms with Gasteiger partial charge in [-0.3, -0.25) is 4.79 Å². The Morgan fingerprint density at radius 2 is 2.19 bits per heavy atom. The molecule has 2 atom stereocenters. The predicted molar refractivity (Wildman–Crippen MR) is 112 cm³/mol. The molecule has 1 N–H and O–H groups in total. The Hall–Kier alpha value is -1.48. The van der Waals surface area contributed by atoms with Crippen LogP contribution in [0.4, 0.5) is 0 Å². The van der Waals surface area contributed by atoms with E-state index in [4.69, 9.17) is 4.84 Å². The lowest BCUT2D eigenvalue weighted by Gasteiger charge is -2.27. The molecule has 2 rings (SSSR count). The smallest absolute Gasteiger partial charge is 0.224 e. The molecular formula is C18H29N3O3S2. The van der Waals surface area contributed by atoms with Crippen molar-refractivity contribution < 1.29 is 13.8 Å². The average Bonchev–Trinajstić information content (AvgIpc) is 3.18. The molecule has 0 bridgehead atoms. The zero-order valence-electron chi connectivity index (χ0n) is 16.2. The number of oxime groups is 1. The molecule has 0 fully saturated rings. The van der Waals surface area contributed by atoms with Gasteiger partial charge < -0.3 is 10.2 Å². The number of likely N-dealkylation sites (N-methyl/N-ethyl adjacent to an activating group) is 2. The summed E-state index contributed by atoms with van der Waals surface area (Å²) in [5.41, 5.74) is 0.249. The normalized spacial score (nSPS) is 16.8. The third-order valence-corrected chi connectivity index (χ3v) is 7.70. The second kappa shape index (κ2) is 10.6. The maximum Gasteiger partial charge on any atom is 0.224 e. The van der Waals surface area contributed by atoms with E-state index in [1.807, 2.05) is 27.7 Å². The van der Waals surface area contributed by atoms with E-state index >= 15 is 0 Å². The van der Waals surface area contributed by atoms with E-state index in [1.54, 1.807) is 35.6 Å². The van der Waals surface area contributed by atoms with Crippen LogP contribution in [0.25, 0.3) is 0 Å². The molecule has 2 heterocycles. The molecule has 1 aliphatic heterocycles. The molecule has 0 radical (unpaired) electrons. The highest BCUT2D eigenvalue weighted by molar-refractivity contribution is 8.00. The van der Waals surface area contributed by atoms with Gasteiger partial charge in [0.2, 0.25) is 5.78 Å². The van der Waals surface area contributed by atoms with Crippen molar-refractivity contribution >= 4 is 38.4 Å². The van der Waals surface area contributed by atoms with Gasteiger partial charge in [-0.1, -0.05) is 25.9 Å². The zero-order valence-corrected chi connectivity index (χ0v) is 17.8. The number of carbonyl (C=O) groups excluding carboxylic acids is 1. The summed E-state index contributed by atoms with van der Waals surface area (Å²) < 4.78 is 15.5. The first-order chi connectivity index (χ1) is 12.4. The average molecular weight is 400 g/mol. The number of hydrogen-bond acceptors (Lipinski definition) is 6. The van der Waals surface area contributed by atoms with Crippen molar-refractivity contribution in [3.05, 3.63) is 29.2 Å². The molecule has 0 saturated carbocycles. The highest BCUT2D eigenvalue weighted by atomic mass is 32.2. The van der Waals surface area contributed by atoms with E-state index in [0.29, 0.717) is 15.7 Å². The largest absolute Gasteiger partial charge is 0.391 e. The molecule has 0 aliphatic carbocycles. The Morgan fingerprint density at radius 3 is 2.77 bits per heavy atom. The van der Waals surface area contributed by atoms with Gasteiger partial charge in [0.25, 0.3) is 0 Å². The van der Waals surface area contributed by atoms with Crippen molar-refractivity contribution in [2.24, 2.45) is 5.16 Å². The lowest BCUT2D eigenvalue weighted by molar-refractivity contribution is 0.105. The van der Waals surface area contributed by atoms with Crippen LogP contribution < -0.4 is 5.32 Å². The van der Waals surface area contributed by atoms with E-state index in [0.717, 1.165) is 13.1 Å². The van der Waals surface area contributed by atoms with Crippen LogP contribution in [-0.4, -0.2) is 58.7 Å². The topological polar surface area (TPSA) is 71.0 Å². The van der Waals surface area contributed by atoms with Crippen molar-refractivity contribution in [1.29, 1.82) is 0 Å². The quantitative estimate of drug-likeness (QED) is 0.539. The van der Waals surface area contributed by atoms with Gasteiger partial charge in [0.1, 0.15) is 6.61 Å². The van der Waals surface area contributed by atoms with Crippen LogP contribution in [0.1, 0.15) is 37.4 Å². The van der Waals surface area contributed by atoms with Crippen molar-refractivity contribution in [2.45, 2.75) is 37.9 Å². The summed E-state index contributed by atoms with van der Waals surface area (Å²) in [6.07, 6.45) is 3.37. The van der Waals surface area contributed by atoms with E-state index < -0.39 is 9.71 Å². The SMILES string of the molecule is C=S(=O)(c1ccc(C(=O)C2=NOCC=C2)s1)N(C)C(C)CNCC.CC. The summed E-state index contributed by atoms with van der Waals surface area (Å²) in [4.78, 5) is 17.8. The molecule has 0 aromatic carbocycles. The number of Topliss-reactive ketones (excluding diaryl/α,β-unsaturated/α-hetero) is 1. The lowest BCUT2D eigenvalue weighted by atomic mass is 10.2. The third-order valence-electron chi connectivity index (χ3n) is 3.74. The Balaban J connectivity index is 0.00000163. The second-order valence-electron chi connectivity index (χ2n) is 5.47. The van der Waals surface area contributed by atoms with E-state index in [9.17, 15) is 9.00 Å². The van der Waals surface area contributed by atoms with E-state index in [2.05, 4.69) is 16.3 Å². The second-order valence-corrected chi connectivity index (χ2v) is 9.10. The monoisotopic (exact) mass is 399 g/mol. The molecule has 0 spiro atoms. The Kier molecular flexibility index (Phi) is 9.21. The molecular weight excluding hydrogens is 370 g/mol. The maximum absolute atomic E-state index is 13.1.